The van der Waals surface area contributed by atoms with Crippen molar-refractivity contribution in [1.29, 1.82) is 0 Å². The molecule has 0 radical (unpaired) electrons. The van der Waals surface area contributed by atoms with E-state index in [1.807, 2.05) is 0 Å². The predicted molar refractivity (Wildman–Crippen MR) is 55.9 cm³/mol. The van der Waals surface area contributed by atoms with Gasteiger partial charge in [-0.05, 0) is 30.3 Å². The van der Waals surface area contributed by atoms with E-state index in [0.29, 0.717) is 11.5 Å². The molecule has 0 aliphatic heterocycles. The summed E-state index contributed by atoms with van der Waals surface area (Å²) < 4.78 is 31.9. The van der Waals surface area contributed by atoms with Crippen molar-refractivity contribution in [3.8, 4) is 11.5 Å². The number of furan rings is 1. The highest BCUT2D eigenvalue weighted by molar-refractivity contribution is 5.85. The van der Waals surface area contributed by atoms with Gasteiger partial charge in [0.25, 0.3) is 0 Å². The third-order valence-electron chi connectivity index (χ3n) is 2.48. The number of halogens is 2. The molecule has 0 bridgehead atoms. The number of rotatable bonds is 1. The highest BCUT2D eigenvalue weighted by atomic mass is 19.1. The van der Waals surface area contributed by atoms with Gasteiger partial charge < -0.3 is 9.40 Å². The van der Waals surface area contributed by atoms with E-state index in [9.17, 15) is 8.78 Å². The molecule has 2 heterocycles. The summed E-state index contributed by atoms with van der Waals surface area (Å²) in [5, 5.41) is 0.228. The van der Waals surface area contributed by atoms with Crippen LogP contribution < -0.4 is 0 Å². The Hall–Kier alpha value is -2.10. The normalized spacial score (nSPS) is 11.1. The molecule has 1 aromatic carbocycles. The van der Waals surface area contributed by atoms with Crippen LogP contribution in [-0.4, -0.2) is 4.98 Å². The summed E-state index contributed by atoms with van der Waals surface area (Å²) in [7, 11) is 0. The molecule has 0 aliphatic carbocycles. The Bertz CT molecular complexity index is 601. The van der Waals surface area contributed by atoms with Crippen molar-refractivity contribution in [3.63, 3.8) is 0 Å². The SMILES string of the molecule is Fc1ccc(F)c2[nH]c(-c3ccco3)cc12. The molecule has 4 heteroatoms. The van der Waals surface area contributed by atoms with Crippen molar-refractivity contribution in [3.05, 3.63) is 48.2 Å². The number of H-pyrrole nitrogens is 1. The first kappa shape index (κ1) is 9.15. The van der Waals surface area contributed by atoms with E-state index in [0.717, 1.165) is 12.1 Å². The zero-order valence-electron chi connectivity index (χ0n) is 8.13. The first-order valence-electron chi connectivity index (χ1n) is 4.76. The lowest BCUT2D eigenvalue weighted by Crippen LogP contribution is -1.80. The molecule has 0 fully saturated rings. The van der Waals surface area contributed by atoms with Gasteiger partial charge in [-0.15, -0.1) is 0 Å². The Balaban J connectivity index is 2.31. The minimum atomic E-state index is -0.478. The molecule has 0 amide bonds. The molecule has 0 atom stereocenters. The summed E-state index contributed by atoms with van der Waals surface area (Å²) in [5.74, 6) is -0.380. The average Bonchev–Trinajstić information content (AvgIpc) is 2.90. The van der Waals surface area contributed by atoms with E-state index >= 15 is 0 Å². The zero-order chi connectivity index (χ0) is 11.1. The Labute approximate surface area is 89.5 Å². The van der Waals surface area contributed by atoms with Crippen molar-refractivity contribution in [2.75, 3.05) is 0 Å². The lowest BCUT2D eigenvalue weighted by Gasteiger charge is -1.92. The molecule has 0 spiro atoms. The van der Waals surface area contributed by atoms with Gasteiger partial charge in [-0.2, -0.15) is 0 Å². The predicted octanol–water partition coefficient (Wildman–Crippen LogP) is 3.71. The number of aromatic amines is 1. The summed E-state index contributed by atoms with van der Waals surface area (Å²) in [4.78, 5) is 2.80. The molecular formula is C12H7F2NO. The number of hydrogen-bond acceptors (Lipinski definition) is 1. The van der Waals surface area contributed by atoms with Crippen LogP contribution in [-0.2, 0) is 0 Å². The Kier molecular flexibility index (Phi) is 1.83. The molecule has 80 valence electrons. The third kappa shape index (κ3) is 1.23. The van der Waals surface area contributed by atoms with Crippen LogP contribution in [0.2, 0.25) is 0 Å². The highest BCUT2D eigenvalue weighted by Gasteiger charge is 2.11. The smallest absolute Gasteiger partial charge is 0.150 e. The van der Waals surface area contributed by atoms with Crippen LogP contribution in [0.15, 0.2) is 41.0 Å². The number of hydrogen-bond donors (Lipinski definition) is 1. The Morgan fingerprint density at radius 3 is 2.56 bits per heavy atom. The van der Waals surface area contributed by atoms with Gasteiger partial charge in [0.15, 0.2) is 0 Å². The largest absolute Gasteiger partial charge is 0.463 e. The zero-order valence-corrected chi connectivity index (χ0v) is 8.13. The lowest BCUT2D eigenvalue weighted by atomic mass is 10.2. The van der Waals surface area contributed by atoms with E-state index in [-0.39, 0.29) is 10.9 Å². The van der Waals surface area contributed by atoms with Crippen LogP contribution in [0.1, 0.15) is 0 Å². The van der Waals surface area contributed by atoms with Crippen molar-refractivity contribution >= 4 is 10.9 Å². The summed E-state index contributed by atoms with van der Waals surface area (Å²) in [5.41, 5.74) is 0.718. The van der Waals surface area contributed by atoms with Crippen molar-refractivity contribution in [2.24, 2.45) is 0 Å². The quantitative estimate of drug-likeness (QED) is 0.664. The number of aromatic nitrogens is 1. The van der Waals surface area contributed by atoms with Crippen LogP contribution in [0.5, 0.6) is 0 Å². The first-order valence-corrected chi connectivity index (χ1v) is 4.76. The van der Waals surface area contributed by atoms with Crippen LogP contribution in [0.4, 0.5) is 8.78 Å². The van der Waals surface area contributed by atoms with E-state index in [1.54, 1.807) is 12.1 Å². The minimum Gasteiger partial charge on any atom is -0.463 e. The monoisotopic (exact) mass is 219 g/mol. The van der Waals surface area contributed by atoms with Gasteiger partial charge in [-0.1, -0.05) is 0 Å². The molecule has 0 aliphatic rings. The standard InChI is InChI=1S/C12H7F2NO/c13-8-3-4-9(14)12-7(8)6-10(15-12)11-2-1-5-16-11/h1-6,15H. The maximum atomic E-state index is 13.4. The maximum absolute atomic E-state index is 13.4. The van der Waals surface area contributed by atoms with Gasteiger partial charge in [0.05, 0.1) is 17.5 Å². The molecule has 1 N–H and O–H groups in total. The maximum Gasteiger partial charge on any atom is 0.150 e. The van der Waals surface area contributed by atoms with Crippen LogP contribution in [0, 0.1) is 11.6 Å². The molecule has 0 saturated heterocycles. The number of benzene rings is 1. The lowest BCUT2D eigenvalue weighted by molar-refractivity contribution is 0.580. The van der Waals surface area contributed by atoms with Crippen LogP contribution in [0.25, 0.3) is 22.4 Å². The summed E-state index contributed by atoms with van der Waals surface area (Å²) in [6, 6.07) is 7.18. The summed E-state index contributed by atoms with van der Waals surface area (Å²) in [6.45, 7) is 0. The molecule has 16 heavy (non-hydrogen) atoms. The number of nitrogens with one attached hydrogen (secondary N) is 1. The van der Waals surface area contributed by atoms with Gasteiger partial charge >= 0.3 is 0 Å². The van der Waals surface area contributed by atoms with Gasteiger partial charge in [0, 0.05) is 5.39 Å². The number of fused-ring (bicyclic) bond motifs is 1. The molecular weight excluding hydrogens is 212 g/mol. The minimum absolute atomic E-state index is 0.159. The van der Waals surface area contributed by atoms with Crippen LogP contribution in [0.3, 0.4) is 0 Å². The van der Waals surface area contributed by atoms with Crippen molar-refractivity contribution < 1.29 is 13.2 Å². The molecule has 0 saturated carbocycles. The second-order valence-corrected chi connectivity index (χ2v) is 3.48. The second kappa shape index (κ2) is 3.20. The van der Waals surface area contributed by atoms with Crippen molar-refractivity contribution in [1.82, 2.24) is 4.98 Å². The molecule has 2 aromatic heterocycles. The second-order valence-electron chi connectivity index (χ2n) is 3.48. The molecule has 3 rings (SSSR count). The third-order valence-corrected chi connectivity index (χ3v) is 2.48. The van der Waals surface area contributed by atoms with Crippen molar-refractivity contribution in [2.45, 2.75) is 0 Å². The highest BCUT2D eigenvalue weighted by Crippen LogP contribution is 2.27. The van der Waals surface area contributed by atoms with Crippen LogP contribution >= 0.6 is 0 Å². The Morgan fingerprint density at radius 1 is 1.06 bits per heavy atom. The van der Waals surface area contributed by atoms with E-state index in [4.69, 9.17) is 4.42 Å². The molecule has 2 nitrogen and oxygen atoms in total. The van der Waals surface area contributed by atoms with E-state index < -0.39 is 11.6 Å². The molecule has 0 unspecified atom stereocenters. The topological polar surface area (TPSA) is 28.9 Å². The summed E-state index contributed by atoms with van der Waals surface area (Å²) >= 11 is 0. The van der Waals surface area contributed by atoms with Gasteiger partial charge in [-0.25, -0.2) is 8.78 Å². The fraction of sp³-hybridized carbons (Fsp3) is 0. The summed E-state index contributed by atoms with van der Waals surface area (Å²) in [6.07, 6.45) is 1.51. The first-order chi connectivity index (χ1) is 7.75. The van der Waals surface area contributed by atoms with Gasteiger partial charge in [-0.3, -0.25) is 0 Å². The average molecular weight is 219 g/mol. The van der Waals surface area contributed by atoms with Gasteiger partial charge in [0.2, 0.25) is 0 Å². The van der Waals surface area contributed by atoms with E-state index in [2.05, 4.69) is 4.98 Å². The Morgan fingerprint density at radius 2 is 1.88 bits per heavy atom. The van der Waals surface area contributed by atoms with E-state index in [1.165, 1.54) is 12.3 Å². The fourth-order valence-electron chi connectivity index (χ4n) is 1.72. The fourth-order valence-corrected chi connectivity index (χ4v) is 1.72. The molecule has 3 aromatic rings. The van der Waals surface area contributed by atoms with Gasteiger partial charge in [0.1, 0.15) is 17.4 Å².